The summed E-state index contributed by atoms with van der Waals surface area (Å²) in [7, 11) is 3.39. The number of rotatable bonds is 5. The number of hydrogen-bond donors (Lipinski definition) is 0. The highest BCUT2D eigenvalue weighted by atomic mass is 32.2. The van der Waals surface area contributed by atoms with Gasteiger partial charge in [0.15, 0.2) is 0 Å². The third kappa shape index (κ3) is 3.58. The van der Waals surface area contributed by atoms with Gasteiger partial charge in [0.05, 0.1) is 19.4 Å². The van der Waals surface area contributed by atoms with Gasteiger partial charge in [0.2, 0.25) is 0 Å². The van der Waals surface area contributed by atoms with Gasteiger partial charge in [0, 0.05) is 30.4 Å². The third-order valence-corrected chi connectivity index (χ3v) is 3.37. The van der Waals surface area contributed by atoms with Crippen molar-refractivity contribution in [2.75, 3.05) is 12.9 Å². The molecule has 15 heavy (non-hydrogen) atoms. The van der Waals surface area contributed by atoms with Crippen LogP contribution in [0.1, 0.15) is 12.6 Å². The first kappa shape index (κ1) is 12.1. The van der Waals surface area contributed by atoms with E-state index in [1.807, 2.05) is 24.7 Å². The molecule has 4 nitrogen and oxygen atoms in total. The smallest absolute Gasteiger partial charge is 0.309 e. The first-order chi connectivity index (χ1) is 7.15. The molecular formula is C10H16N2O2S. The molecule has 0 bridgehead atoms. The summed E-state index contributed by atoms with van der Waals surface area (Å²) in [5, 5.41) is 0. The molecule has 0 radical (unpaired) electrons. The molecule has 0 aliphatic rings. The molecule has 1 atom stereocenters. The largest absolute Gasteiger partial charge is 0.469 e. The molecule has 0 saturated heterocycles. The normalized spacial score (nSPS) is 12.5. The number of carbonyl (C=O) groups is 1. The van der Waals surface area contributed by atoms with Crippen molar-refractivity contribution in [2.45, 2.75) is 12.7 Å². The van der Waals surface area contributed by atoms with E-state index in [9.17, 15) is 4.79 Å². The number of hydrogen-bond acceptors (Lipinski definition) is 4. The van der Waals surface area contributed by atoms with Crippen LogP contribution in [-0.4, -0.2) is 28.4 Å². The maximum atomic E-state index is 11.1. The lowest BCUT2D eigenvalue weighted by molar-refractivity contribution is -0.143. The fraction of sp³-hybridized carbons (Fsp3) is 0.600. The maximum Gasteiger partial charge on any atom is 0.309 e. The SMILES string of the molecule is COC(=O)C(C)CSCc1cncn1C. The second-order valence-corrected chi connectivity index (χ2v) is 4.47. The molecule has 1 rings (SSSR count). The third-order valence-electron chi connectivity index (χ3n) is 2.14. The van der Waals surface area contributed by atoms with Crippen molar-refractivity contribution in [3.8, 4) is 0 Å². The number of aromatic nitrogens is 2. The summed E-state index contributed by atoms with van der Waals surface area (Å²) in [5.74, 6) is 1.45. The molecule has 1 unspecified atom stereocenters. The van der Waals surface area contributed by atoms with E-state index in [-0.39, 0.29) is 11.9 Å². The summed E-state index contributed by atoms with van der Waals surface area (Å²) in [6, 6.07) is 0. The van der Waals surface area contributed by atoms with E-state index in [1.165, 1.54) is 7.11 Å². The number of imidazole rings is 1. The van der Waals surface area contributed by atoms with E-state index >= 15 is 0 Å². The number of carbonyl (C=O) groups excluding carboxylic acids is 1. The molecule has 5 heteroatoms. The second-order valence-electron chi connectivity index (χ2n) is 3.44. The maximum absolute atomic E-state index is 11.1. The van der Waals surface area contributed by atoms with Crippen LogP contribution in [-0.2, 0) is 22.3 Å². The fourth-order valence-corrected chi connectivity index (χ4v) is 2.23. The van der Waals surface area contributed by atoms with Crippen LogP contribution < -0.4 is 0 Å². The van der Waals surface area contributed by atoms with Gasteiger partial charge in [0.25, 0.3) is 0 Å². The Morgan fingerprint density at radius 1 is 1.73 bits per heavy atom. The zero-order valence-corrected chi connectivity index (χ0v) is 10.1. The Morgan fingerprint density at radius 3 is 3.00 bits per heavy atom. The molecule has 0 N–H and O–H groups in total. The fourth-order valence-electron chi connectivity index (χ4n) is 1.13. The quantitative estimate of drug-likeness (QED) is 0.716. The predicted molar refractivity (Wildman–Crippen MR) is 60.6 cm³/mol. The molecule has 0 aliphatic carbocycles. The number of esters is 1. The van der Waals surface area contributed by atoms with Gasteiger partial charge in [-0.05, 0) is 0 Å². The summed E-state index contributed by atoms with van der Waals surface area (Å²) < 4.78 is 6.64. The lowest BCUT2D eigenvalue weighted by Gasteiger charge is -2.08. The van der Waals surface area contributed by atoms with E-state index in [0.29, 0.717) is 0 Å². The Balaban J connectivity index is 2.28. The van der Waals surface area contributed by atoms with Gasteiger partial charge in [-0.25, -0.2) is 4.98 Å². The van der Waals surface area contributed by atoms with E-state index < -0.39 is 0 Å². The van der Waals surface area contributed by atoms with Crippen molar-refractivity contribution >= 4 is 17.7 Å². The van der Waals surface area contributed by atoms with Crippen LogP contribution in [0.2, 0.25) is 0 Å². The monoisotopic (exact) mass is 228 g/mol. The van der Waals surface area contributed by atoms with Crippen LogP contribution in [0.4, 0.5) is 0 Å². The molecule has 0 amide bonds. The van der Waals surface area contributed by atoms with Gasteiger partial charge < -0.3 is 9.30 Å². The van der Waals surface area contributed by atoms with Crippen molar-refractivity contribution in [3.63, 3.8) is 0 Å². The summed E-state index contributed by atoms with van der Waals surface area (Å²) in [5.41, 5.74) is 1.16. The highest BCUT2D eigenvalue weighted by Crippen LogP contribution is 2.15. The number of thioether (sulfide) groups is 1. The minimum Gasteiger partial charge on any atom is -0.469 e. The van der Waals surface area contributed by atoms with Crippen LogP contribution in [0.5, 0.6) is 0 Å². The Bertz CT molecular complexity index is 325. The highest BCUT2D eigenvalue weighted by molar-refractivity contribution is 7.98. The van der Waals surface area contributed by atoms with Crippen molar-refractivity contribution in [1.82, 2.24) is 9.55 Å². The Kier molecular flexibility index (Phi) is 4.68. The molecule has 0 fully saturated rings. The minimum absolute atomic E-state index is 0.0479. The number of nitrogens with zero attached hydrogens (tertiary/aromatic N) is 2. The molecule has 1 heterocycles. The molecular weight excluding hydrogens is 212 g/mol. The minimum atomic E-state index is -0.146. The molecule has 0 saturated carbocycles. The average Bonchev–Trinajstić information content (AvgIpc) is 2.63. The van der Waals surface area contributed by atoms with Crippen LogP contribution >= 0.6 is 11.8 Å². The van der Waals surface area contributed by atoms with E-state index in [0.717, 1.165) is 17.2 Å². The summed E-state index contributed by atoms with van der Waals surface area (Å²) in [6.07, 6.45) is 3.62. The zero-order chi connectivity index (χ0) is 11.3. The standard InChI is InChI=1S/C10H16N2O2S/c1-8(10(13)14-3)5-15-6-9-4-11-7-12(9)2/h4,7-8H,5-6H2,1-3H3. The van der Waals surface area contributed by atoms with E-state index in [4.69, 9.17) is 0 Å². The Labute approximate surface area is 94.0 Å². The number of aryl methyl sites for hydroxylation is 1. The summed E-state index contributed by atoms with van der Waals surface area (Å²) in [4.78, 5) is 15.1. The van der Waals surface area contributed by atoms with Gasteiger partial charge in [0.1, 0.15) is 0 Å². The summed E-state index contributed by atoms with van der Waals surface area (Å²) >= 11 is 1.72. The lowest BCUT2D eigenvalue weighted by atomic mass is 10.2. The number of ether oxygens (including phenoxy) is 1. The molecule has 84 valence electrons. The molecule has 0 spiro atoms. The summed E-state index contributed by atoms with van der Waals surface area (Å²) in [6.45, 7) is 1.88. The van der Waals surface area contributed by atoms with Crippen molar-refractivity contribution in [1.29, 1.82) is 0 Å². The molecule has 0 aromatic carbocycles. The van der Waals surface area contributed by atoms with Crippen LogP contribution in [0.15, 0.2) is 12.5 Å². The Hall–Kier alpha value is -0.970. The van der Waals surface area contributed by atoms with Gasteiger partial charge in [-0.1, -0.05) is 6.92 Å². The van der Waals surface area contributed by atoms with Crippen molar-refractivity contribution < 1.29 is 9.53 Å². The highest BCUT2D eigenvalue weighted by Gasteiger charge is 2.12. The number of methoxy groups -OCH3 is 1. The van der Waals surface area contributed by atoms with Gasteiger partial charge in [-0.3, -0.25) is 4.79 Å². The molecule has 0 aliphatic heterocycles. The predicted octanol–water partition coefficient (Wildman–Crippen LogP) is 1.46. The lowest BCUT2D eigenvalue weighted by Crippen LogP contribution is -2.15. The molecule has 1 aromatic heterocycles. The van der Waals surface area contributed by atoms with Crippen LogP contribution in [0, 0.1) is 5.92 Å². The van der Waals surface area contributed by atoms with Crippen LogP contribution in [0.3, 0.4) is 0 Å². The topological polar surface area (TPSA) is 44.1 Å². The second kappa shape index (κ2) is 5.80. The van der Waals surface area contributed by atoms with Crippen LogP contribution in [0.25, 0.3) is 0 Å². The van der Waals surface area contributed by atoms with Crippen molar-refractivity contribution in [2.24, 2.45) is 13.0 Å². The Morgan fingerprint density at radius 2 is 2.47 bits per heavy atom. The average molecular weight is 228 g/mol. The van der Waals surface area contributed by atoms with Gasteiger partial charge in [-0.2, -0.15) is 11.8 Å². The van der Waals surface area contributed by atoms with E-state index in [2.05, 4.69) is 9.72 Å². The first-order valence-corrected chi connectivity index (χ1v) is 5.91. The first-order valence-electron chi connectivity index (χ1n) is 4.76. The van der Waals surface area contributed by atoms with Gasteiger partial charge >= 0.3 is 5.97 Å². The van der Waals surface area contributed by atoms with Gasteiger partial charge in [-0.15, -0.1) is 0 Å². The van der Waals surface area contributed by atoms with E-state index in [1.54, 1.807) is 18.1 Å². The van der Waals surface area contributed by atoms with Crippen molar-refractivity contribution in [3.05, 3.63) is 18.2 Å². The zero-order valence-electron chi connectivity index (χ0n) is 9.27. The molecule has 1 aromatic rings.